The van der Waals surface area contributed by atoms with Crippen molar-refractivity contribution >= 4 is 0 Å². The zero-order chi connectivity index (χ0) is 13.0. The van der Waals surface area contributed by atoms with Crippen molar-refractivity contribution in [2.45, 2.75) is 46.5 Å². The topological polar surface area (TPSA) is 40.5 Å². The highest BCUT2D eigenvalue weighted by Crippen LogP contribution is 2.38. The zero-order valence-corrected chi connectivity index (χ0v) is 11.3. The third-order valence-electron chi connectivity index (χ3n) is 3.47. The lowest BCUT2D eigenvalue weighted by molar-refractivity contribution is 0.361. The second kappa shape index (κ2) is 5.95. The van der Waals surface area contributed by atoms with Crippen LogP contribution in [-0.2, 0) is 0 Å². The number of benzene rings is 1. The Morgan fingerprint density at radius 3 is 2.24 bits per heavy atom. The summed E-state index contributed by atoms with van der Waals surface area (Å²) in [6, 6.07) is 4.94. The molecule has 2 heteroatoms. The van der Waals surface area contributed by atoms with Gasteiger partial charge in [-0.3, -0.25) is 0 Å². The number of phenols is 2. The molecule has 0 amide bonds. The van der Waals surface area contributed by atoms with Gasteiger partial charge in [0.1, 0.15) is 11.5 Å². The molecule has 2 atom stereocenters. The summed E-state index contributed by atoms with van der Waals surface area (Å²) in [6.45, 7) is 8.80. The second-order valence-corrected chi connectivity index (χ2v) is 5.36. The van der Waals surface area contributed by atoms with E-state index in [1.54, 1.807) is 6.07 Å². The van der Waals surface area contributed by atoms with Gasteiger partial charge in [0.05, 0.1) is 0 Å². The molecule has 0 radical (unpaired) electrons. The first-order valence-corrected chi connectivity index (χ1v) is 6.47. The van der Waals surface area contributed by atoms with Crippen LogP contribution in [0.4, 0.5) is 0 Å². The first-order chi connectivity index (χ1) is 7.95. The normalized spacial score (nSPS) is 14.9. The molecule has 0 bridgehead atoms. The Kier molecular flexibility index (Phi) is 4.86. The van der Waals surface area contributed by atoms with E-state index in [2.05, 4.69) is 27.7 Å². The van der Waals surface area contributed by atoms with Crippen LogP contribution in [-0.4, -0.2) is 10.2 Å². The third-order valence-corrected chi connectivity index (χ3v) is 3.47. The summed E-state index contributed by atoms with van der Waals surface area (Å²) in [6.07, 6.45) is 2.16. The van der Waals surface area contributed by atoms with Gasteiger partial charge in [-0.2, -0.15) is 0 Å². The fourth-order valence-electron chi connectivity index (χ4n) is 2.30. The van der Waals surface area contributed by atoms with Crippen molar-refractivity contribution in [3.8, 4) is 11.5 Å². The highest BCUT2D eigenvalue weighted by Gasteiger charge is 2.22. The Morgan fingerprint density at radius 1 is 1.12 bits per heavy atom. The van der Waals surface area contributed by atoms with Gasteiger partial charge in [-0.05, 0) is 35.8 Å². The third kappa shape index (κ3) is 3.65. The largest absolute Gasteiger partial charge is 0.508 e. The molecule has 0 saturated carbocycles. The molecule has 2 nitrogen and oxygen atoms in total. The van der Waals surface area contributed by atoms with E-state index in [4.69, 9.17) is 0 Å². The minimum absolute atomic E-state index is 0.124. The molecule has 0 fully saturated rings. The molecule has 2 unspecified atom stereocenters. The molecule has 2 N–H and O–H groups in total. The van der Waals surface area contributed by atoms with Crippen LogP contribution in [0.5, 0.6) is 11.5 Å². The molecule has 0 aliphatic heterocycles. The number of aromatic hydroxyl groups is 2. The fourth-order valence-corrected chi connectivity index (χ4v) is 2.30. The van der Waals surface area contributed by atoms with Gasteiger partial charge in [0.2, 0.25) is 0 Å². The van der Waals surface area contributed by atoms with E-state index in [1.807, 2.05) is 6.07 Å². The molecule has 0 spiro atoms. The van der Waals surface area contributed by atoms with Crippen molar-refractivity contribution in [2.75, 3.05) is 0 Å². The van der Waals surface area contributed by atoms with Crippen LogP contribution in [0.1, 0.15) is 52.0 Å². The molecule has 1 rings (SSSR count). The lowest BCUT2D eigenvalue weighted by atomic mass is 9.80. The summed E-state index contributed by atoms with van der Waals surface area (Å²) in [5.74, 6) is 1.84. The molecule has 17 heavy (non-hydrogen) atoms. The molecule has 0 aliphatic carbocycles. The molecule has 1 aromatic carbocycles. The van der Waals surface area contributed by atoms with E-state index < -0.39 is 0 Å². The van der Waals surface area contributed by atoms with Crippen molar-refractivity contribution in [3.63, 3.8) is 0 Å². The Labute approximate surface area is 104 Å². The first-order valence-electron chi connectivity index (χ1n) is 6.47. The minimum Gasteiger partial charge on any atom is -0.508 e. The van der Waals surface area contributed by atoms with Crippen LogP contribution in [0, 0.1) is 11.8 Å². The summed E-state index contributed by atoms with van der Waals surface area (Å²) in [5, 5.41) is 19.3. The molecular formula is C15H24O2. The average Bonchev–Trinajstić information content (AvgIpc) is 2.25. The van der Waals surface area contributed by atoms with E-state index >= 15 is 0 Å². The van der Waals surface area contributed by atoms with E-state index in [0.29, 0.717) is 17.8 Å². The Balaban J connectivity index is 3.03. The average molecular weight is 236 g/mol. The highest BCUT2D eigenvalue weighted by molar-refractivity contribution is 5.41. The molecule has 0 saturated heterocycles. The van der Waals surface area contributed by atoms with Crippen molar-refractivity contribution < 1.29 is 10.2 Å². The predicted octanol–water partition coefficient (Wildman–Crippen LogP) is 4.27. The maximum Gasteiger partial charge on any atom is 0.122 e. The smallest absolute Gasteiger partial charge is 0.122 e. The van der Waals surface area contributed by atoms with Crippen LogP contribution in [0.3, 0.4) is 0 Å². The van der Waals surface area contributed by atoms with Crippen LogP contribution < -0.4 is 0 Å². The fraction of sp³-hybridized carbons (Fsp3) is 0.600. The molecule has 0 aromatic heterocycles. The standard InChI is InChI=1S/C15H24O2/c1-5-11(4)14(8-10(2)3)13-7-6-12(16)9-15(13)17/h6-7,9-11,14,16-17H,5,8H2,1-4H3. The summed E-state index contributed by atoms with van der Waals surface area (Å²) in [4.78, 5) is 0. The molecule has 1 aromatic rings. The molecule has 0 heterocycles. The Hall–Kier alpha value is -1.18. The van der Waals surface area contributed by atoms with Gasteiger partial charge >= 0.3 is 0 Å². The monoisotopic (exact) mass is 236 g/mol. The first kappa shape index (κ1) is 13.9. The maximum absolute atomic E-state index is 9.96. The number of phenolic OH excluding ortho intramolecular Hbond substituents is 2. The summed E-state index contributed by atoms with van der Waals surface area (Å²) < 4.78 is 0. The van der Waals surface area contributed by atoms with Crippen molar-refractivity contribution in [1.29, 1.82) is 0 Å². The van der Waals surface area contributed by atoms with E-state index in [1.165, 1.54) is 6.07 Å². The second-order valence-electron chi connectivity index (χ2n) is 5.36. The van der Waals surface area contributed by atoms with Crippen LogP contribution in [0.2, 0.25) is 0 Å². The highest BCUT2D eigenvalue weighted by atomic mass is 16.3. The maximum atomic E-state index is 9.96. The lowest BCUT2D eigenvalue weighted by Crippen LogP contribution is -2.12. The zero-order valence-electron chi connectivity index (χ0n) is 11.3. The molecular weight excluding hydrogens is 212 g/mol. The summed E-state index contributed by atoms with van der Waals surface area (Å²) in [7, 11) is 0. The van der Waals surface area contributed by atoms with Gasteiger partial charge in [-0.1, -0.05) is 40.2 Å². The Bertz CT molecular complexity index is 358. The van der Waals surface area contributed by atoms with Gasteiger partial charge in [-0.25, -0.2) is 0 Å². The van der Waals surface area contributed by atoms with Gasteiger partial charge in [0.25, 0.3) is 0 Å². The summed E-state index contributed by atoms with van der Waals surface area (Å²) in [5.41, 5.74) is 0.964. The van der Waals surface area contributed by atoms with Gasteiger partial charge in [-0.15, -0.1) is 0 Å². The SMILES string of the molecule is CCC(C)C(CC(C)C)c1ccc(O)cc1O. The van der Waals surface area contributed by atoms with E-state index in [9.17, 15) is 10.2 Å². The lowest BCUT2D eigenvalue weighted by Gasteiger charge is -2.26. The summed E-state index contributed by atoms with van der Waals surface area (Å²) >= 11 is 0. The Morgan fingerprint density at radius 2 is 1.76 bits per heavy atom. The number of rotatable bonds is 5. The van der Waals surface area contributed by atoms with Crippen LogP contribution in [0.15, 0.2) is 18.2 Å². The predicted molar refractivity (Wildman–Crippen MR) is 71.4 cm³/mol. The van der Waals surface area contributed by atoms with Crippen molar-refractivity contribution in [3.05, 3.63) is 23.8 Å². The molecule has 0 aliphatic rings. The van der Waals surface area contributed by atoms with Gasteiger partial charge < -0.3 is 10.2 Å². The number of hydrogen-bond acceptors (Lipinski definition) is 2. The van der Waals surface area contributed by atoms with Crippen LogP contribution in [0.25, 0.3) is 0 Å². The van der Waals surface area contributed by atoms with Gasteiger partial charge in [0, 0.05) is 6.07 Å². The quantitative estimate of drug-likeness (QED) is 0.801. The van der Waals surface area contributed by atoms with Crippen molar-refractivity contribution in [1.82, 2.24) is 0 Å². The minimum atomic E-state index is 0.124. The van der Waals surface area contributed by atoms with E-state index in [0.717, 1.165) is 18.4 Å². The van der Waals surface area contributed by atoms with E-state index in [-0.39, 0.29) is 11.5 Å². The van der Waals surface area contributed by atoms with Crippen LogP contribution >= 0.6 is 0 Å². The molecule has 96 valence electrons. The van der Waals surface area contributed by atoms with Gasteiger partial charge in [0.15, 0.2) is 0 Å². The number of hydrogen-bond donors (Lipinski definition) is 2. The van der Waals surface area contributed by atoms with Crippen molar-refractivity contribution in [2.24, 2.45) is 11.8 Å².